The van der Waals surface area contributed by atoms with Crippen molar-refractivity contribution in [1.82, 2.24) is 0 Å². The van der Waals surface area contributed by atoms with E-state index in [4.69, 9.17) is 4.74 Å². The highest BCUT2D eigenvalue weighted by Crippen LogP contribution is 2.28. The molecule has 8 heteroatoms. The van der Waals surface area contributed by atoms with Gasteiger partial charge in [-0.05, 0) is 42.8 Å². The Morgan fingerprint density at radius 3 is 2.33 bits per heavy atom. The molecule has 0 aromatic heterocycles. The van der Waals surface area contributed by atoms with E-state index in [2.05, 4.69) is 5.32 Å². The summed E-state index contributed by atoms with van der Waals surface area (Å²) >= 11 is 0. The molecule has 3 aromatic carbocycles. The summed E-state index contributed by atoms with van der Waals surface area (Å²) in [5, 5.41) is 23.2. The zero-order valence-electron chi connectivity index (χ0n) is 15.9. The second-order valence-electron chi connectivity index (χ2n) is 6.51. The van der Waals surface area contributed by atoms with Crippen LogP contribution in [0.4, 0.5) is 11.4 Å². The fraction of sp³-hybridized carbons (Fsp3) is 0.0909. The zero-order valence-corrected chi connectivity index (χ0v) is 15.9. The molecule has 0 aliphatic carbocycles. The molecule has 0 spiro atoms. The number of carbonyl (C=O) groups excluding carboxylic acids is 2. The molecule has 8 nitrogen and oxygen atoms in total. The van der Waals surface area contributed by atoms with E-state index in [0.717, 1.165) is 0 Å². The lowest BCUT2D eigenvalue weighted by molar-refractivity contribution is -0.384. The van der Waals surface area contributed by atoms with Crippen molar-refractivity contribution in [3.63, 3.8) is 0 Å². The summed E-state index contributed by atoms with van der Waals surface area (Å²) in [5.41, 5.74) is 0.940. The molecule has 2 N–H and O–H groups in total. The van der Waals surface area contributed by atoms with Gasteiger partial charge >= 0.3 is 5.97 Å². The molecule has 30 heavy (non-hydrogen) atoms. The van der Waals surface area contributed by atoms with Crippen molar-refractivity contribution in [2.45, 2.75) is 13.0 Å². The van der Waals surface area contributed by atoms with E-state index < -0.39 is 22.9 Å². The van der Waals surface area contributed by atoms with Gasteiger partial charge in [0, 0.05) is 11.6 Å². The van der Waals surface area contributed by atoms with Gasteiger partial charge in [-0.15, -0.1) is 0 Å². The van der Waals surface area contributed by atoms with Gasteiger partial charge in [0.1, 0.15) is 11.4 Å². The topological polar surface area (TPSA) is 119 Å². The predicted octanol–water partition coefficient (Wildman–Crippen LogP) is 4.15. The second-order valence-corrected chi connectivity index (χ2v) is 6.51. The molecule has 0 bridgehead atoms. The quantitative estimate of drug-likeness (QED) is 0.361. The molecule has 0 aliphatic rings. The summed E-state index contributed by atoms with van der Waals surface area (Å²) in [4.78, 5) is 36.2. The molecule has 1 amide bonds. The van der Waals surface area contributed by atoms with Crippen LogP contribution in [-0.2, 0) is 9.53 Å². The van der Waals surface area contributed by atoms with E-state index >= 15 is 0 Å². The predicted molar refractivity (Wildman–Crippen MR) is 109 cm³/mol. The Kier molecular flexibility index (Phi) is 6.07. The Morgan fingerprint density at radius 2 is 1.70 bits per heavy atom. The number of aromatic hydroxyl groups is 1. The maximum absolute atomic E-state index is 12.9. The minimum atomic E-state index is -1.34. The summed E-state index contributed by atoms with van der Waals surface area (Å²) in [6.07, 6.45) is -1.34. The molecule has 1 atom stereocenters. The molecule has 0 saturated carbocycles. The molecule has 152 valence electrons. The molecule has 3 aromatic rings. The van der Waals surface area contributed by atoms with Crippen LogP contribution in [0.15, 0.2) is 72.8 Å². The van der Waals surface area contributed by atoms with Crippen LogP contribution >= 0.6 is 0 Å². The van der Waals surface area contributed by atoms with Crippen molar-refractivity contribution < 1.29 is 24.4 Å². The van der Waals surface area contributed by atoms with Crippen molar-refractivity contribution in [2.24, 2.45) is 0 Å². The largest absolute Gasteiger partial charge is 0.508 e. The van der Waals surface area contributed by atoms with Crippen molar-refractivity contribution in [1.29, 1.82) is 0 Å². The number of phenolic OH excluding ortho intramolecular Hbond substituents is 1. The Balaban J connectivity index is 1.89. The minimum Gasteiger partial charge on any atom is -0.508 e. The van der Waals surface area contributed by atoms with Gasteiger partial charge in [-0.2, -0.15) is 0 Å². The Labute approximate surface area is 171 Å². The number of amides is 1. The summed E-state index contributed by atoms with van der Waals surface area (Å²) in [5.74, 6) is -1.53. The van der Waals surface area contributed by atoms with E-state index in [0.29, 0.717) is 11.1 Å². The first-order chi connectivity index (χ1) is 14.3. The van der Waals surface area contributed by atoms with E-state index in [1.807, 2.05) is 0 Å². The second kappa shape index (κ2) is 8.87. The first-order valence-electron chi connectivity index (χ1n) is 8.96. The number of esters is 1. The number of nitrogens with zero attached hydrogens (tertiary/aromatic N) is 1. The number of nitro groups is 1. The molecule has 3 rings (SSSR count). The lowest BCUT2D eigenvalue weighted by Crippen LogP contribution is -2.26. The normalized spacial score (nSPS) is 11.4. The average Bonchev–Trinajstić information content (AvgIpc) is 2.74. The van der Waals surface area contributed by atoms with Crippen LogP contribution in [-0.4, -0.2) is 21.9 Å². The van der Waals surface area contributed by atoms with Gasteiger partial charge in [0.2, 0.25) is 6.10 Å². The molecule has 0 unspecified atom stereocenters. The van der Waals surface area contributed by atoms with Gasteiger partial charge in [0.25, 0.3) is 11.6 Å². The molecule has 0 radical (unpaired) electrons. The highest BCUT2D eigenvalue weighted by molar-refractivity contribution is 5.99. The van der Waals surface area contributed by atoms with E-state index in [1.165, 1.54) is 36.4 Å². The van der Waals surface area contributed by atoms with Gasteiger partial charge in [0.05, 0.1) is 10.5 Å². The maximum atomic E-state index is 12.9. The first kappa shape index (κ1) is 20.5. The van der Waals surface area contributed by atoms with Gasteiger partial charge in [-0.3, -0.25) is 14.9 Å². The van der Waals surface area contributed by atoms with Crippen LogP contribution in [0.5, 0.6) is 5.75 Å². The Bertz CT molecular complexity index is 1080. The number of ether oxygens (including phenoxy) is 1. The van der Waals surface area contributed by atoms with Crippen LogP contribution < -0.4 is 5.32 Å². The third kappa shape index (κ3) is 4.79. The number of nitro benzene ring substituents is 1. The monoisotopic (exact) mass is 406 g/mol. The molecule has 0 fully saturated rings. The number of carbonyl (C=O) groups is 2. The van der Waals surface area contributed by atoms with E-state index in [-0.39, 0.29) is 22.7 Å². The maximum Gasteiger partial charge on any atom is 0.339 e. The van der Waals surface area contributed by atoms with Gasteiger partial charge in [-0.1, -0.05) is 36.4 Å². The fourth-order valence-electron chi connectivity index (χ4n) is 2.77. The number of hydrogen-bond donors (Lipinski definition) is 2. The van der Waals surface area contributed by atoms with Crippen LogP contribution in [0.25, 0.3) is 0 Å². The standard InChI is InChI=1S/C22H18N2O6/c1-14-7-12-18(19(13-14)24(28)29)23-21(26)20(15-5-3-2-4-6-15)30-22(27)16-8-10-17(25)11-9-16/h2-13,20,25H,1H3,(H,23,26)/t20-/m0/s1. The molecular formula is C22H18N2O6. The zero-order chi connectivity index (χ0) is 21.7. The number of anilines is 1. The summed E-state index contributed by atoms with van der Waals surface area (Å²) in [6, 6.07) is 18.1. The van der Waals surface area contributed by atoms with Gasteiger partial charge in [0.15, 0.2) is 0 Å². The Hall–Kier alpha value is -4.20. The van der Waals surface area contributed by atoms with Crippen molar-refractivity contribution in [2.75, 3.05) is 5.32 Å². The lowest BCUT2D eigenvalue weighted by Gasteiger charge is -2.18. The van der Waals surface area contributed by atoms with Crippen LogP contribution in [0, 0.1) is 17.0 Å². The van der Waals surface area contributed by atoms with Crippen molar-refractivity contribution >= 4 is 23.3 Å². The smallest absolute Gasteiger partial charge is 0.339 e. The number of phenols is 1. The Morgan fingerprint density at radius 1 is 1.03 bits per heavy atom. The number of hydrogen-bond acceptors (Lipinski definition) is 6. The fourth-order valence-corrected chi connectivity index (χ4v) is 2.77. The third-order valence-electron chi connectivity index (χ3n) is 4.28. The highest BCUT2D eigenvalue weighted by atomic mass is 16.6. The van der Waals surface area contributed by atoms with Crippen LogP contribution in [0.2, 0.25) is 0 Å². The molecular weight excluding hydrogens is 388 g/mol. The van der Waals surface area contributed by atoms with Crippen molar-refractivity contribution in [3.8, 4) is 5.75 Å². The van der Waals surface area contributed by atoms with Crippen LogP contribution in [0.3, 0.4) is 0 Å². The SMILES string of the molecule is Cc1ccc(NC(=O)[C@@H](OC(=O)c2ccc(O)cc2)c2ccccc2)c([N+](=O)[O-])c1. The number of nitrogens with one attached hydrogen (secondary N) is 1. The summed E-state index contributed by atoms with van der Waals surface area (Å²) in [6.45, 7) is 1.70. The highest BCUT2D eigenvalue weighted by Gasteiger charge is 2.27. The first-order valence-corrected chi connectivity index (χ1v) is 8.96. The molecule has 0 aliphatic heterocycles. The number of rotatable bonds is 6. The van der Waals surface area contributed by atoms with E-state index in [9.17, 15) is 24.8 Å². The van der Waals surface area contributed by atoms with Crippen molar-refractivity contribution in [3.05, 3.63) is 99.6 Å². The average molecular weight is 406 g/mol. The lowest BCUT2D eigenvalue weighted by atomic mass is 10.1. The number of benzene rings is 3. The third-order valence-corrected chi connectivity index (χ3v) is 4.28. The van der Waals surface area contributed by atoms with Gasteiger partial charge < -0.3 is 15.2 Å². The van der Waals surface area contributed by atoms with Crippen LogP contribution in [0.1, 0.15) is 27.6 Å². The minimum absolute atomic E-state index is 0.00258. The summed E-state index contributed by atoms with van der Waals surface area (Å²) < 4.78 is 5.42. The van der Waals surface area contributed by atoms with E-state index in [1.54, 1.807) is 43.3 Å². The summed E-state index contributed by atoms with van der Waals surface area (Å²) in [7, 11) is 0. The van der Waals surface area contributed by atoms with Gasteiger partial charge in [-0.25, -0.2) is 4.79 Å². The molecule has 0 heterocycles. The molecule has 0 saturated heterocycles. The number of aryl methyl sites for hydroxylation is 1.